The molecule has 1 aromatic rings. The first-order valence-corrected chi connectivity index (χ1v) is 8.15. The standard InChI is InChI=1S/C17H25N3O2/c18-10-16-13-20(8-9-22-16)17(21)6-3-7-19-11-14-4-1-2-5-15(14)12-19/h1-2,4-5,16H,3,6-13,18H2/t16-/m1/s1. The minimum atomic E-state index is 0.00535. The number of nitrogens with zero attached hydrogens (tertiary/aromatic N) is 2. The van der Waals surface area contributed by atoms with Gasteiger partial charge in [-0.3, -0.25) is 9.69 Å². The van der Waals surface area contributed by atoms with E-state index in [0.29, 0.717) is 32.7 Å². The van der Waals surface area contributed by atoms with Gasteiger partial charge in [-0.2, -0.15) is 0 Å². The molecule has 0 saturated carbocycles. The molecule has 1 atom stereocenters. The van der Waals surface area contributed by atoms with Gasteiger partial charge in [0.1, 0.15) is 0 Å². The van der Waals surface area contributed by atoms with Crippen LogP contribution in [0.5, 0.6) is 0 Å². The number of hydrogen-bond donors (Lipinski definition) is 1. The Bertz CT molecular complexity index is 495. The van der Waals surface area contributed by atoms with Crippen molar-refractivity contribution in [3.05, 3.63) is 35.4 Å². The van der Waals surface area contributed by atoms with E-state index in [1.165, 1.54) is 11.1 Å². The van der Waals surface area contributed by atoms with Crippen molar-refractivity contribution >= 4 is 5.91 Å². The molecule has 1 fully saturated rings. The molecule has 0 bridgehead atoms. The van der Waals surface area contributed by atoms with E-state index in [9.17, 15) is 4.79 Å². The highest BCUT2D eigenvalue weighted by atomic mass is 16.5. The molecule has 0 unspecified atom stereocenters. The fraction of sp³-hybridized carbons (Fsp3) is 0.588. The number of ether oxygens (including phenoxy) is 1. The molecule has 120 valence electrons. The van der Waals surface area contributed by atoms with Crippen molar-refractivity contribution in [3.8, 4) is 0 Å². The van der Waals surface area contributed by atoms with Crippen LogP contribution in [0.1, 0.15) is 24.0 Å². The Labute approximate surface area is 132 Å². The second-order valence-electron chi connectivity index (χ2n) is 6.15. The molecule has 0 spiro atoms. The predicted molar refractivity (Wildman–Crippen MR) is 85.2 cm³/mol. The summed E-state index contributed by atoms with van der Waals surface area (Å²) in [7, 11) is 0. The average Bonchev–Trinajstić information content (AvgIpc) is 2.97. The number of benzene rings is 1. The minimum Gasteiger partial charge on any atom is -0.373 e. The molecule has 3 rings (SSSR count). The highest BCUT2D eigenvalue weighted by Crippen LogP contribution is 2.22. The van der Waals surface area contributed by atoms with E-state index in [2.05, 4.69) is 29.2 Å². The van der Waals surface area contributed by atoms with Gasteiger partial charge < -0.3 is 15.4 Å². The molecule has 1 saturated heterocycles. The molecule has 1 aromatic carbocycles. The normalized spacial score (nSPS) is 21.9. The van der Waals surface area contributed by atoms with Crippen LogP contribution in [-0.4, -0.2) is 54.6 Å². The van der Waals surface area contributed by atoms with E-state index in [4.69, 9.17) is 10.5 Å². The van der Waals surface area contributed by atoms with Crippen LogP contribution in [0.15, 0.2) is 24.3 Å². The molecule has 2 heterocycles. The molecule has 2 N–H and O–H groups in total. The number of amides is 1. The van der Waals surface area contributed by atoms with Crippen LogP contribution in [0.2, 0.25) is 0 Å². The minimum absolute atomic E-state index is 0.00535. The first kappa shape index (κ1) is 15.5. The van der Waals surface area contributed by atoms with E-state index in [-0.39, 0.29) is 12.0 Å². The van der Waals surface area contributed by atoms with Crippen molar-refractivity contribution in [2.45, 2.75) is 32.0 Å². The van der Waals surface area contributed by atoms with E-state index in [0.717, 1.165) is 26.1 Å². The maximum atomic E-state index is 12.3. The zero-order valence-electron chi connectivity index (χ0n) is 13.0. The van der Waals surface area contributed by atoms with Crippen LogP contribution < -0.4 is 5.73 Å². The number of carbonyl (C=O) groups is 1. The van der Waals surface area contributed by atoms with Crippen LogP contribution in [0, 0.1) is 0 Å². The quantitative estimate of drug-likeness (QED) is 0.880. The van der Waals surface area contributed by atoms with Crippen LogP contribution in [0.4, 0.5) is 0 Å². The molecule has 2 aliphatic rings. The summed E-state index contributed by atoms with van der Waals surface area (Å²) in [4.78, 5) is 16.6. The van der Waals surface area contributed by atoms with Gasteiger partial charge in [0.2, 0.25) is 5.91 Å². The molecule has 5 heteroatoms. The van der Waals surface area contributed by atoms with Gasteiger partial charge >= 0.3 is 0 Å². The van der Waals surface area contributed by atoms with Gasteiger partial charge in [-0.1, -0.05) is 24.3 Å². The predicted octanol–water partition coefficient (Wildman–Crippen LogP) is 0.968. The number of nitrogens with two attached hydrogens (primary N) is 1. The maximum Gasteiger partial charge on any atom is 0.222 e. The molecule has 1 amide bonds. The van der Waals surface area contributed by atoms with Crippen molar-refractivity contribution in [1.82, 2.24) is 9.80 Å². The second kappa shape index (κ2) is 7.22. The van der Waals surface area contributed by atoms with Gasteiger partial charge in [0, 0.05) is 39.1 Å². The first-order valence-electron chi connectivity index (χ1n) is 8.15. The van der Waals surface area contributed by atoms with Gasteiger partial charge in [0.25, 0.3) is 0 Å². The summed E-state index contributed by atoms with van der Waals surface area (Å²) >= 11 is 0. The fourth-order valence-electron chi connectivity index (χ4n) is 3.26. The Kier molecular flexibility index (Phi) is 5.08. The highest BCUT2D eigenvalue weighted by molar-refractivity contribution is 5.76. The molecular weight excluding hydrogens is 278 g/mol. The van der Waals surface area contributed by atoms with Crippen LogP contribution in [0.3, 0.4) is 0 Å². The average molecular weight is 303 g/mol. The third-order valence-corrected chi connectivity index (χ3v) is 4.53. The summed E-state index contributed by atoms with van der Waals surface area (Å²) in [6, 6.07) is 8.58. The third kappa shape index (κ3) is 3.66. The summed E-state index contributed by atoms with van der Waals surface area (Å²) in [5.41, 5.74) is 8.47. The lowest BCUT2D eigenvalue weighted by molar-refractivity contribution is -0.138. The third-order valence-electron chi connectivity index (χ3n) is 4.53. The van der Waals surface area contributed by atoms with E-state index in [1.807, 2.05) is 4.90 Å². The molecular formula is C17H25N3O2. The molecule has 0 aromatic heterocycles. The van der Waals surface area contributed by atoms with Crippen molar-refractivity contribution < 1.29 is 9.53 Å². The van der Waals surface area contributed by atoms with E-state index < -0.39 is 0 Å². The summed E-state index contributed by atoms with van der Waals surface area (Å²) in [5.74, 6) is 0.235. The Morgan fingerprint density at radius 2 is 2.00 bits per heavy atom. The molecule has 0 radical (unpaired) electrons. The summed E-state index contributed by atoms with van der Waals surface area (Å²) in [6.07, 6.45) is 1.53. The molecule has 5 nitrogen and oxygen atoms in total. The highest BCUT2D eigenvalue weighted by Gasteiger charge is 2.23. The number of morpholine rings is 1. The lowest BCUT2D eigenvalue weighted by atomic mass is 10.1. The summed E-state index contributed by atoms with van der Waals surface area (Å²) in [5, 5.41) is 0. The van der Waals surface area contributed by atoms with Crippen LogP contribution in [-0.2, 0) is 22.6 Å². The second-order valence-corrected chi connectivity index (χ2v) is 6.15. The largest absolute Gasteiger partial charge is 0.373 e. The van der Waals surface area contributed by atoms with Gasteiger partial charge in [-0.05, 0) is 24.1 Å². The maximum absolute atomic E-state index is 12.3. The number of hydrogen-bond acceptors (Lipinski definition) is 4. The van der Waals surface area contributed by atoms with E-state index >= 15 is 0 Å². The fourth-order valence-corrected chi connectivity index (χ4v) is 3.26. The number of carbonyl (C=O) groups excluding carboxylic acids is 1. The van der Waals surface area contributed by atoms with Gasteiger partial charge in [0.05, 0.1) is 12.7 Å². The van der Waals surface area contributed by atoms with Crippen molar-refractivity contribution in [2.75, 3.05) is 32.8 Å². The molecule has 0 aliphatic carbocycles. The van der Waals surface area contributed by atoms with Gasteiger partial charge in [-0.15, -0.1) is 0 Å². The van der Waals surface area contributed by atoms with Crippen LogP contribution in [0.25, 0.3) is 0 Å². The number of fused-ring (bicyclic) bond motifs is 1. The van der Waals surface area contributed by atoms with Crippen molar-refractivity contribution in [3.63, 3.8) is 0 Å². The van der Waals surface area contributed by atoms with Crippen LogP contribution >= 0.6 is 0 Å². The molecule has 2 aliphatic heterocycles. The first-order chi connectivity index (χ1) is 10.8. The monoisotopic (exact) mass is 303 g/mol. The Morgan fingerprint density at radius 1 is 1.27 bits per heavy atom. The Balaban J connectivity index is 1.39. The Morgan fingerprint density at radius 3 is 2.68 bits per heavy atom. The van der Waals surface area contributed by atoms with E-state index in [1.54, 1.807) is 0 Å². The number of rotatable bonds is 5. The zero-order valence-corrected chi connectivity index (χ0v) is 13.0. The van der Waals surface area contributed by atoms with Gasteiger partial charge in [-0.25, -0.2) is 0 Å². The topological polar surface area (TPSA) is 58.8 Å². The van der Waals surface area contributed by atoms with Gasteiger partial charge in [0.15, 0.2) is 0 Å². The zero-order chi connectivity index (χ0) is 15.4. The summed E-state index contributed by atoms with van der Waals surface area (Å²) in [6.45, 7) is 5.43. The lowest BCUT2D eigenvalue weighted by Crippen LogP contribution is -2.48. The van der Waals surface area contributed by atoms with Crippen molar-refractivity contribution in [2.24, 2.45) is 5.73 Å². The smallest absolute Gasteiger partial charge is 0.222 e. The van der Waals surface area contributed by atoms with Crippen molar-refractivity contribution in [1.29, 1.82) is 0 Å². The lowest BCUT2D eigenvalue weighted by Gasteiger charge is -2.32. The summed E-state index contributed by atoms with van der Waals surface area (Å²) < 4.78 is 5.50. The Hall–Kier alpha value is -1.43. The SMILES string of the molecule is NC[C@@H]1CN(C(=O)CCCN2Cc3ccccc3C2)CCO1. The molecule has 22 heavy (non-hydrogen) atoms.